The lowest BCUT2D eigenvalue weighted by Gasteiger charge is -2.22. The van der Waals surface area contributed by atoms with Gasteiger partial charge in [-0.1, -0.05) is 0 Å². The van der Waals surface area contributed by atoms with Crippen LogP contribution >= 0.6 is 0 Å². The Kier molecular flexibility index (Phi) is 6.00. The van der Waals surface area contributed by atoms with Gasteiger partial charge in [0.15, 0.2) is 0 Å². The highest BCUT2D eigenvalue weighted by Gasteiger charge is 2.26. The van der Waals surface area contributed by atoms with Crippen LogP contribution in [0.3, 0.4) is 0 Å². The number of amides is 1. The van der Waals surface area contributed by atoms with Crippen LogP contribution in [0.1, 0.15) is 24.2 Å². The first-order valence-corrected chi connectivity index (χ1v) is 8.09. The maximum Gasteiger partial charge on any atom is 0.341 e. The zero-order valence-electron chi connectivity index (χ0n) is 12.2. The Hall–Kier alpha value is -2.01. The monoisotopic (exact) mass is 330 g/mol. The van der Waals surface area contributed by atoms with Crippen molar-refractivity contribution in [3.8, 4) is 6.07 Å². The lowest BCUT2D eigenvalue weighted by Crippen LogP contribution is -2.34. The van der Waals surface area contributed by atoms with Crippen molar-refractivity contribution in [2.45, 2.75) is 24.5 Å². The van der Waals surface area contributed by atoms with Gasteiger partial charge in [-0.15, -0.1) is 0 Å². The van der Waals surface area contributed by atoms with E-state index in [1.807, 2.05) is 6.07 Å². The van der Waals surface area contributed by atoms with E-state index in [0.29, 0.717) is 6.54 Å². The number of alkyl halides is 2. The number of rotatable bonds is 6. The zero-order chi connectivity index (χ0) is 16.9. The second kappa shape index (κ2) is 7.31. The fourth-order valence-corrected chi connectivity index (χ4v) is 2.52. The van der Waals surface area contributed by atoms with Gasteiger partial charge >= 0.3 is 5.76 Å². The molecule has 120 valence electrons. The van der Waals surface area contributed by atoms with Crippen LogP contribution in [0.5, 0.6) is 0 Å². The van der Waals surface area contributed by atoms with E-state index in [1.165, 1.54) is 17.0 Å². The number of nitrogens with zero attached hydrogens (tertiary/aromatic N) is 2. The smallest absolute Gasteiger partial charge is 0.338 e. The highest BCUT2D eigenvalue weighted by molar-refractivity contribution is 7.91. The molecule has 0 unspecified atom stereocenters. The molecule has 0 aromatic heterocycles. The number of hydrogen-bond acceptors (Lipinski definition) is 4. The number of carbonyl (C=O) groups excluding carboxylic acids is 1. The second-order valence-corrected chi connectivity index (χ2v) is 6.62. The van der Waals surface area contributed by atoms with Gasteiger partial charge in [-0.05, 0) is 38.1 Å². The lowest BCUT2D eigenvalue weighted by atomic mass is 10.1. The van der Waals surface area contributed by atoms with Crippen molar-refractivity contribution in [1.29, 1.82) is 5.26 Å². The first kappa shape index (κ1) is 18.0. The summed E-state index contributed by atoms with van der Waals surface area (Å²) in [5.74, 6) is -4.23. The van der Waals surface area contributed by atoms with Gasteiger partial charge in [0.05, 0.1) is 16.9 Å². The van der Waals surface area contributed by atoms with Gasteiger partial charge in [0.1, 0.15) is 0 Å². The summed E-state index contributed by atoms with van der Waals surface area (Å²) in [7, 11) is -4.67. The molecule has 5 nitrogen and oxygen atoms in total. The fraction of sp³-hybridized carbons (Fsp3) is 0.429. The molecule has 0 aliphatic heterocycles. The van der Waals surface area contributed by atoms with Crippen molar-refractivity contribution in [2.75, 3.05) is 13.1 Å². The molecule has 8 heteroatoms. The predicted molar refractivity (Wildman–Crippen MR) is 76.0 cm³/mol. The molecule has 0 N–H and O–H groups in total. The minimum atomic E-state index is -4.67. The third kappa shape index (κ3) is 4.01. The summed E-state index contributed by atoms with van der Waals surface area (Å²) in [6.07, 6.45) is 0. The standard InChI is InChI=1S/C14H16F2N2O3S/c1-3-18(9-10(2)8-17)13(19)11-4-6-12(7-5-11)22(20,21)14(15)16/h4-7,10,14H,3,9H2,1-2H3/t10-/m1/s1. The average Bonchev–Trinajstić information content (AvgIpc) is 2.51. The van der Waals surface area contributed by atoms with Crippen molar-refractivity contribution in [1.82, 2.24) is 4.90 Å². The summed E-state index contributed by atoms with van der Waals surface area (Å²) >= 11 is 0. The first-order chi connectivity index (χ1) is 10.2. The van der Waals surface area contributed by atoms with Crippen LogP contribution in [0.15, 0.2) is 29.2 Å². The summed E-state index contributed by atoms with van der Waals surface area (Å²) in [5.41, 5.74) is 0.181. The predicted octanol–water partition coefficient (Wildman–Crippen LogP) is 2.30. The molecule has 22 heavy (non-hydrogen) atoms. The quantitative estimate of drug-likeness (QED) is 0.802. The molecule has 0 heterocycles. The SMILES string of the molecule is CCN(C[C@H](C)C#N)C(=O)c1ccc(S(=O)(=O)C(F)F)cc1. The van der Waals surface area contributed by atoms with Gasteiger partial charge in [0.2, 0.25) is 9.84 Å². The number of hydrogen-bond donors (Lipinski definition) is 0. The van der Waals surface area contributed by atoms with Crippen molar-refractivity contribution in [3.63, 3.8) is 0 Å². The normalized spacial score (nSPS) is 12.7. The summed E-state index contributed by atoms with van der Waals surface area (Å²) in [6.45, 7) is 4.04. The number of halogens is 2. The van der Waals surface area contributed by atoms with Crippen LogP contribution < -0.4 is 0 Å². The molecule has 0 bridgehead atoms. The van der Waals surface area contributed by atoms with Crippen molar-refractivity contribution in [2.24, 2.45) is 5.92 Å². The average molecular weight is 330 g/mol. The summed E-state index contributed by atoms with van der Waals surface area (Å²) in [6, 6.07) is 6.37. The Morgan fingerprint density at radius 1 is 1.32 bits per heavy atom. The fourth-order valence-electron chi connectivity index (χ4n) is 1.80. The van der Waals surface area contributed by atoms with Gasteiger partial charge in [0, 0.05) is 18.7 Å². The highest BCUT2D eigenvalue weighted by Crippen LogP contribution is 2.19. The lowest BCUT2D eigenvalue weighted by molar-refractivity contribution is 0.0752. The minimum absolute atomic E-state index is 0.181. The van der Waals surface area contributed by atoms with Crippen LogP contribution in [0.2, 0.25) is 0 Å². The minimum Gasteiger partial charge on any atom is -0.338 e. The molecule has 0 aliphatic carbocycles. The molecule has 0 spiro atoms. The topological polar surface area (TPSA) is 78.2 Å². The van der Waals surface area contributed by atoms with E-state index in [0.717, 1.165) is 12.1 Å². The van der Waals surface area contributed by atoms with E-state index in [-0.39, 0.29) is 23.9 Å². The Balaban J connectivity index is 2.99. The van der Waals surface area contributed by atoms with Crippen LogP contribution in [0, 0.1) is 17.2 Å². The van der Waals surface area contributed by atoms with Gasteiger partial charge in [-0.25, -0.2) is 8.42 Å². The molecule has 1 amide bonds. The number of nitriles is 1. The van der Waals surface area contributed by atoms with E-state index >= 15 is 0 Å². The molecule has 1 atom stereocenters. The Labute approximate surface area is 128 Å². The van der Waals surface area contributed by atoms with Crippen molar-refractivity contribution in [3.05, 3.63) is 29.8 Å². The van der Waals surface area contributed by atoms with Gasteiger partial charge in [-0.2, -0.15) is 14.0 Å². The van der Waals surface area contributed by atoms with Gasteiger partial charge in [0.25, 0.3) is 5.91 Å². The second-order valence-electron chi connectivity index (χ2n) is 4.70. The molecule has 0 fully saturated rings. The van der Waals surface area contributed by atoms with E-state index in [4.69, 9.17) is 5.26 Å². The van der Waals surface area contributed by atoms with E-state index in [9.17, 15) is 22.0 Å². The van der Waals surface area contributed by atoms with E-state index in [1.54, 1.807) is 13.8 Å². The zero-order valence-corrected chi connectivity index (χ0v) is 13.0. The summed E-state index contributed by atoms with van der Waals surface area (Å²) < 4.78 is 47.5. The van der Waals surface area contributed by atoms with Crippen LogP contribution in [0.25, 0.3) is 0 Å². The third-order valence-electron chi connectivity index (χ3n) is 3.05. The van der Waals surface area contributed by atoms with Crippen LogP contribution in [-0.4, -0.2) is 38.1 Å². The molecule has 0 saturated carbocycles. The molecule has 0 saturated heterocycles. The van der Waals surface area contributed by atoms with E-state index in [2.05, 4.69) is 0 Å². The third-order valence-corrected chi connectivity index (χ3v) is 4.45. The van der Waals surface area contributed by atoms with Crippen LogP contribution in [-0.2, 0) is 9.84 Å². The maximum absolute atomic E-state index is 12.4. The maximum atomic E-state index is 12.4. The van der Waals surface area contributed by atoms with Gasteiger partial charge in [-0.3, -0.25) is 4.79 Å². The largest absolute Gasteiger partial charge is 0.341 e. The molecule has 0 radical (unpaired) electrons. The van der Waals surface area contributed by atoms with E-state index < -0.39 is 20.5 Å². The molecule has 0 aliphatic rings. The molecule has 1 aromatic carbocycles. The number of benzene rings is 1. The van der Waals surface area contributed by atoms with Gasteiger partial charge < -0.3 is 4.90 Å². The highest BCUT2D eigenvalue weighted by atomic mass is 32.2. The Morgan fingerprint density at radius 3 is 2.27 bits per heavy atom. The van der Waals surface area contributed by atoms with Crippen molar-refractivity contribution >= 4 is 15.7 Å². The van der Waals surface area contributed by atoms with Crippen molar-refractivity contribution < 1.29 is 22.0 Å². The molecular weight excluding hydrogens is 314 g/mol. The summed E-state index contributed by atoms with van der Waals surface area (Å²) in [4.78, 5) is 13.1. The molecule has 1 aromatic rings. The Bertz CT molecular complexity index is 666. The summed E-state index contributed by atoms with van der Waals surface area (Å²) in [5, 5.41) is 8.78. The van der Waals surface area contributed by atoms with Crippen LogP contribution in [0.4, 0.5) is 8.78 Å². The first-order valence-electron chi connectivity index (χ1n) is 6.55. The Morgan fingerprint density at radius 2 is 1.86 bits per heavy atom. The molecular formula is C14H16F2N2O3S. The molecule has 1 rings (SSSR count). The number of carbonyl (C=O) groups is 1. The number of sulfone groups is 1.